The van der Waals surface area contributed by atoms with Crippen LogP contribution >= 0.6 is 0 Å². The van der Waals surface area contributed by atoms with E-state index in [2.05, 4.69) is 11.0 Å². The molecule has 2 aliphatic rings. The fourth-order valence-electron chi connectivity index (χ4n) is 4.85. The summed E-state index contributed by atoms with van der Waals surface area (Å²) in [4.78, 5) is 25.8. The molecule has 0 amide bonds. The fraction of sp³-hybridized carbons (Fsp3) is 0.545. The smallest absolute Gasteiger partial charge is 0.351 e. The Bertz CT molecular complexity index is 858. The Morgan fingerprint density at radius 2 is 1.52 bits per heavy atom. The van der Waals surface area contributed by atoms with E-state index in [-0.39, 0.29) is 5.56 Å². The zero-order chi connectivity index (χ0) is 18.8. The third-order valence-corrected chi connectivity index (χ3v) is 6.18. The molecule has 1 aromatic heterocycles. The van der Waals surface area contributed by atoms with E-state index in [1.165, 1.54) is 70.3 Å². The first-order valence-corrected chi connectivity index (χ1v) is 10.2. The highest BCUT2D eigenvalue weighted by Gasteiger charge is 2.29. The van der Waals surface area contributed by atoms with Gasteiger partial charge in [-0.15, -0.1) is 0 Å². The molecular formula is C22H27NO4. The van der Waals surface area contributed by atoms with Gasteiger partial charge in [-0.3, -0.25) is 0 Å². The van der Waals surface area contributed by atoms with Crippen LogP contribution in [0.2, 0.25) is 0 Å². The zero-order valence-electron chi connectivity index (χ0n) is 15.7. The highest BCUT2D eigenvalue weighted by atomic mass is 16.4. The van der Waals surface area contributed by atoms with Gasteiger partial charge in [-0.25, -0.2) is 9.59 Å². The fourth-order valence-corrected chi connectivity index (χ4v) is 4.85. The molecule has 2 aliphatic carbocycles. The monoisotopic (exact) mass is 369 g/mol. The number of anilines is 1. The number of aromatic carboxylic acids is 1. The van der Waals surface area contributed by atoms with Gasteiger partial charge in [0.2, 0.25) is 0 Å². The van der Waals surface area contributed by atoms with Crippen LogP contribution in [0.4, 0.5) is 5.69 Å². The summed E-state index contributed by atoms with van der Waals surface area (Å²) >= 11 is 0. The Kier molecular flexibility index (Phi) is 5.19. The highest BCUT2D eigenvalue weighted by molar-refractivity contribution is 5.92. The molecule has 0 saturated heterocycles. The van der Waals surface area contributed by atoms with E-state index in [4.69, 9.17) is 9.52 Å². The van der Waals surface area contributed by atoms with E-state index in [9.17, 15) is 9.59 Å². The molecular weight excluding hydrogens is 342 g/mol. The third-order valence-electron chi connectivity index (χ3n) is 6.18. The van der Waals surface area contributed by atoms with Crippen molar-refractivity contribution in [3.05, 3.63) is 40.2 Å². The molecule has 2 saturated carbocycles. The summed E-state index contributed by atoms with van der Waals surface area (Å²) < 4.78 is 5.36. The first-order valence-electron chi connectivity index (χ1n) is 10.2. The second kappa shape index (κ2) is 7.75. The van der Waals surface area contributed by atoms with Gasteiger partial charge in [-0.1, -0.05) is 38.5 Å². The summed E-state index contributed by atoms with van der Waals surface area (Å²) in [6.07, 6.45) is 12.6. The topological polar surface area (TPSA) is 70.8 Å². The van der Waals surface area contributed by atoms with E-state index in [1.54, 1.807) is 0 Å². The quantitative estimate of drug-likeness (QED) is 0.771. The predicted octanol–water partition coefficient (Wildman–Crippen LogP) is 4.96. The number of hydrogen-bond acceptors (Lipinski definition) is 4. The molecule has 0 atom stereocenters. The molecule has 4 rings (SSSR count). The van der Waals surface area contributed by atoms with Crippen LogP contribution in [-0.2, 0) is 0 Å². The molecule has 144 valence electrons. The van der Waals surface area contributed by atoms with Crippen molar-refractivity contribution < 1.29 is 14.3 Å². The molecule has 1 N–H and O–H groups in total. The summed E-state index contributed by atoms with van der Waals surface area (Å²) in [7, 11) is 0. The number of nitrogens with zero attached hydrogens (tertiary/aromatic N) is 1. The molecule has 1 aromatic carbocycles. The van der Waals surface area contributed by atoms with Gasteiger partial charge in [-0.2, -0.15) is 0 Å². The molecule has 5 heteroatoms. The minimum absolute atomic E-state index is 0.313. The number of benzene rings is 1. The van der Waals surface area contributed by atoms with Crippen LogP contribution in [0.3, 0.4) is 0 Å². The molecule has 27 heavy (non-hydrogen) atoms. The number of carboxylic acids is 1. The largest absolute Gasteiger partial charge is 0.477 e. The molecule has 5 nitrogen and oxygen atoms in total. The molecule has 0 radical (unpaired) electrons. The van der Waals surface area contributed by atoms with Crippen molar-refractivity contribution >= 4 is 22.6 Å². The number of fused-ring (bicyclic) bond motifs is 1. The highest BCUT2D eigenvalue weighted by Crippen LogP contribution is 2.35. The molecule has 0 unspecified atom stereocenters. The Morgan fingerprint density at radius 1 is 0.926 bits per heavy atom. The molecule has 2 fully saturated rings. The van der Waals surface area contributed by atoms with Crippen molar-refractivity contribution in [2.24, 2.45) is 0 Å². The van der Waals surface area contributed by atoms with Gasteiger partial charge in [0.15, 0.2) is 0 Å². The summed E-state index contributed by atoms with van der Waals surface area (Å²) in [5.74, 6) is -1.25. The maximum Gasteiger partial charge on any atom is 0.351 e. The maximum atomic E-state index is 12.0. The van der Waals surface area contributed by atoms with E-state index < -0.39 is 11.6 Å². The Morgan fingerprint density at radius 3 is 2.07 bits per heavy atom. The number of rotatable bonds is 4. The average molecular weight is 369 g/mol. The first-order chi connectivity index (χ1) is 13.1. The Hall–Kier alpha value is -2.30. The van der Waals surface area contributed by atoms with Gasteiger partial charge in [0, 0.05) is 29.2 Å². The minimum Gasteiger partial charge on any atom is -0.477 e. The van der Waals surface area contributed by atoms with Gasteiger partial charge in [-0.05, 0) is 43.9 Å². The SMILES string of the molecule is O=C(O)c1cc2ccc(N(C3CCCCC3)C3CCCCC3)cc2oc1=O. The molecule has 0 aliphatic heterocycles. The first kappa shape index (κ1) is 18.1. The summed E-state index contributed by atoms with van der Waals surface area (Å²) in [6.45, 7) is 0. The van der Waals surface area contributed by atoms with Crippen molar-refractivity contribution in [2.45, 2.75) is 76.3 Å². The lowest BCUT2D eigenvalue weighted by Crippen LogP contribution is -2.45. The van der Waals surface area contributed by atoms with Crippen LogP contribution in [0, 0.1) is 0 Å². The van der Waals surface area contributed by atoms with Crippen LogP contribution in [0.15, 0.2) is 33.5 Å². The van der Waals surface area contributed by atoms with Gasteiger partial charge in [0.25, 0.3) is 0 Å². The Labute approximate surface area is 159 Å². The van der Waals surface area contributed by atoms with Crippen LogP contribution < -0.4 is 10.5 Å². The Balaban J connectivity index is 1.74. The molecule has 2 aromatic rings. The van der Waals surface area contributed by atoms with E-state index in [1.807, 2.05) is 12.1 Å². The van der Waals surface area contributed by atoms with Crippen molar-refractivity contribution in [3.63, 3.8) is 0 Å². The van der Waals surface area contributed by atoms with E-state index in [0.717, 1.165) is 5.69 Å². The van der Waals surface area contributed by atoms with Crippen LogP contribution in [0.25, 0.3) is 11.0 Å². The number of carbonyl (C=O) groups is 1. The van der Waals surface area contributed by atoms with E-state index in [0.29, 0.717) is 23.1 Å². The maximum absolute atomic E-state index is 12.0. The van der Waals surface area contributed by atoms with Gasteiger partial charge in [0.1, 0.15) is 11.1 Å². The second-order valence-electron chi connectivity index (χ2n) is 7.97. The van der Waals surface area contributed by atoms with Crippen LogP contribution in [0.1, 0.15) is 74.6 Å². The summed E-state index contributed by atoms with van der Waals surface area (Å²) in [6, 6.07) is 8.40. The number of carboxylic acid groups (broad SMARTS) is 1. The van der Waals surface area contributed by atoms with Crippen LogP contribution in [-0.4, -0.2) is 23.2 Å². The minimum atomic E-state index is -1.25. The lowest BCUT2D eigenvalue weighted by molar-refractivity contribution is 0.0692. The van der Waals surface area contributed by atoms with Gasteiger partial charge >= 0.3 is 11.6 Å². The van der Waals surface area contributed by atoms with Crippen molar-refractivity contribution in [3.8, 4) is 0 Å². The van der Waals surface area contributed by atoms with Gasteiger partial charge < -0.3 is 14.4 Å². The average Bonchev–Trinajstić information content (AvgIpc) is 2.69. The van der Waals surface area contributed by atoms with Crippen LogP contribution in [0.5, 0.6) is 0 Å². The molecule has 0 bridgehead atoms. The second-order valence-corrected chi connectivity index (χ2v) is 7.97. The van der Waals surface area contributed by atoms with E-state index >= 15 is 0 Å². The predicted molar refractivity (Wildman–Crippen MR) is 106 cm³/mol. The zero-order valence-corrected chi connectivity index (χ0v) is 15.7. The molecule has 0 spiro atoms. The summed E-state index contributed by atoms with van der Waals surface area (Å²) in [5.41, 5.74) is 0.479. The lowest BCUT2D eigenvalue weighted by Gasteiger charge is -2.43. The lowest BCUT2D eigenvalue weighted by atomic mass is 9.88. The normalized spacial score (nSPS) is 19.3. The third kappa shape index (κ3) is 3.73. The molecule has 1 heterocycles. The summed E-state index contributed by atoms with van der Waals surface area (Å²) in [5, 5.41) is 9.80. The van der Waals surface area contributed by atoms with Crippen molar-refractivity contribution in [1.82, 2.24) is 0 Å². The van der Waals surface area contributed by atoms with Crippen molar-refractivity contribution in [2.75, 3.05) is 4.90 Å². The van der Waals surface area contributed by atoms with Gasteiger partial charge in [0.05, 0.1) is 0 Å². The number of hydrogen-bond donors (Lipinski definition) is 1. The van der Waals surface area contributed by atoms with Crippen molar-refractivity contribution in [1.29, 1.82) is 0 Å². The standard InChI is InChI=1S/C22H27NO4/c24-21(25)19-13-15-11-12-18(14-20(15)27-22(19)26)23(16-7-3-1-4-8-16)17-9-5-2-6-10-17/h11-14,16-17H,1-10H2,(H,24,25).